The molecule has 3 rings (SSSR count). The van der Waals surface area contributed by atoms with E-state index in [1.807, 2.05) is 30.3 Å². The third-order valence-electron chi connectivity index (χ3n) is 4.23. The standard InChI is InChI=1S/C20H22BrFN6.HI/c1-23-20(24-9-3-6-15-7-8-17(21)11-18(15)22)25-12-14-4-2-5-16(10-14)19-26-13-27-28-19;/h2,4-5,7-8,10-11,13H,3,6,9,12H2,1H3,(H2,23,24,25)(H,26,27,28);1H. The van der Waals surface area contributed by atoms with E-state index in [1.165, 1.54) is 12.4 Å². The Morgan fingerprint density at radius 1 is 1.21 bits per heavy atom. The largest absolute Gasteiger partial charge is 0.356 e. The van der Waals surface area contributed by atoms with Gasteiger partial charge in [0.1, 0.15) is 12.1 Å². The molecule has 0 amide bonds. The smallest absolute Gasteiger partial charge is 0.191 e. The summed E-state index contributed by atoms with van der Waals surface area (Å²) in [5.41, 5.74) is 2.81. The van der Waals surface area contributed by atoms with Crippen LogP contribution < -0.4 is 10.6 Å². The fourth-order valence-electron chi connectivity index (χ4n) is 2.79. The average molecular weight is 573 g/mol. The average Bonchev–Trinajstić information content (AvgIpc) is 3.24. The fourth-order valence-corrected chi connectivity index (χ4v) is 3.12. The Morgan fingerprint density at radius 3 is 2.79 bits per heavy atom. The number of aliphatic imine (C=N–C) groups is 1. The summed E-state index contributed by atoms with van der Waals surface area (Å²) in [6, 6.07) is 13.2. The second-order valence-electron chi connectivity index (χ2n) is 6.23. The van der Waals surface area contributed by atoms with Crippen LogP contribution in [0.4, 0.5) is 4.39 Å². The first-order valence-electron chi connectivity index (χ1n) is 8.99. The number of aromatic amines is 1. The van der Waals surface area contributed by atoms with Crippen molar-refractivity contribution in [2.24, 2.45) is 4.99 Å². The van der Waals surface area contributed by atoms with Crippen LogP contribution in [0, 0.1) is 5.82 Å². The Morgan fingerprint density at radius 2 is 2.07 bits per heavy atom. The highest BCUT2D eigenvalue weighted by molar-refractivity contribution is 14.0. The van der Waals surface area contributed by atoms with Crippen LogP contribution in [0.2, 0.25) is 0 Å². The molecule has 0 aliphatic rings. The topological polar surface area (TPSA) is 78.0 Å². The van der Waals surface area contributed by atoms with Gasteiger partial charge >= 0.3 is 0 Å². The predicted octanol–water partition coefficient (Wildman–Crippen LogP) is 4.29. The molecule has 3 N–H and O–H groups in total. The third-order valence-corrected chi connectivity index (χ3v) is 4.72. The number of aromatic nitrogens is 3. The summed E-state index contributed by atoms with van der Waals surface area (Å²) >= 11 is 3.27. The number of hydrogen-bond acceptors (Lipinski definition) is 3. The van der Waals surface area contributed by atoms with E-state index in [-0.39, 0.29) is 29.8 Å². The molecular formula is C20H23BrFIN6. The zero-order valence-electron chi connectivity index (χ0n) is 16.0. The Balaban J connectivity index is 0.00000300. The second-order valence-corrected chi connectivity index (χ2v) is 7.14. The minimum Gasteiger partial charge on any atom is -0.356 e. The van der Waals surface area contributed by atoms with Crippen molar-refractivity contribution in [3.05, 3.63) is 70.2 Å². The summed E-state index contributed by atoms with van der Waals surface area (Å²) in [6.45, 7) is 1.33. The number of guanidine groups is 1. The number of rotatable bonds is 7. The summed E-state index contributed by atoms with van der Waals surface area (Å²) in [5, 5.41) is 13.3. The highest BCUT2D eigenvalue weighted by Crippen LogP contribution is 2.16. The zero-order valence-corrected chi connectivity index (χ0v) is 19.9. The van der Waals surface area contributed by atoms with E-state index in [0.29, 0.717) is 25.5 Å². The molecule has 0 atom stereocenters. The van der Waals surface area contributed by atoms with Gasteiger partial charge in [0, 0.05) is 30.2 Å². The predicted molar refractivity (Wildman–Crippen MR) is 128 cm³/mol. The molecule has 0 saturated carbocycles. The molecule has 0 spiro atoms. The molecule has 0 bridgehead atoms. The van der Waals surface area contributed by atoms with Gasteiger partial charge in [-0.15, -0.1) is 24.0 Å². The van der Waals surface area contributed by atoms with Gasteiger partial charge in [-0.25, -0.2) is 9.37 Å². The molecular weight excluding hydrogens is 550 g/mol. The van der Waals surface area contributed by atoms with Gasteiger partial charge < -0.3 is 10.6 Å². The molecule has 0 radical (unpaired) electrons. The van der Waals surface area contributed by atoms with E-state index in [9.17, 15) is 4.39 Å². The molecule has 9 heteroatoms. The highest BCUT2D eigenvalue weighted by atomic mass is 127. The number of nitrogens with one attached hydrogen (secondary N) is 3. The highest BCUT2D eigenvalue weighted by Gasteiger charge is 2.05. The Hall–Kier alpha value is -2.01. The van der Waals surface area contributed by atoms with Crippen LogP contribution in [0.3, 0.4) is 0 Å². The first-order chi connectivity index (χ1) is 13.7. The van der Waals surface area contributed by atoms with Crippen molar-refractivity contribution in [2.75, 3.05) is 13.6 Å². The molecule has 29 heavy (non-hydrogen) atoms. The Kier molecular flexibility index (Phi) is 9.52. The van der Waals surface area contributed by atoms with Crippen molar-refractivity contribution >= 4 is 45.9 Å². The van der Waals surface area contributed by atoms with Crippen LogP contribution in [0.5, 0.6) is 0 Å². The number of aryl methyl sites for hydroxylation is 1. The second kappa shape index (κ2) is 11.9. The van der Waals surface area contributed by atoms with E-state index >= 15 is 0 Å². The molecule has 0 aliphatic heterocycles. The van der Waals surface area contributed by atoms with E-state index in [1.54, 1.807) is 7.05 Å². The molecule has 0 unspecified atom stereocenters. The van der Waals surface area contributed by atoms with Crippen LogP contribution >= 0.6 is 39.9 Å². The van der Waals surface area contributed by atoms with Crippen molar-refractivity contribution in [1.82, 2.24) is 25.8 Å². The van der Waals surface area contributed by atoms with E-state index in [2.05, 4.69) is 52.8 Å². The summed E-state index contributed by atoms with van der Waals surface area (Å²) in [7, 11) is 1.73. The molecule has 0 fully saturated rings. The van der Waals surface area contributed by atoms with Gasteiger partial charge in [0.15, 0.2) is 11.8 Å². The quantitative estimate of drug-likeness (QED) is 0.171. The van der Waals surface area contributed by atoms with Gasteiger partial charge in [0.25, 0.3) is 0 Å². The van der Waals surface area contributed by atoms with Crippen molar-refractivity contribution in [3.8, 4) is 11.4 Å². The Bertz CT molecular complexity index is 932. The fraction of sp³-hybridized carbons (Fsp3) is 0.250. The lowest BCUT2D eigenvalue weighted by molar-refractivity contribution is 0.602. The normalized spacial score (nSPS) is 11.1. The molecule has 1 aromatic heterocycles. The van der Waals surface area contributed by atoms with Crippen molar-refractivity contribution in [2.45, 2.75) is 19.4 Å². The summed E-state index contributed by atoms with van der Waals surface area (Å²) in [5.74, 6) is 1.27. The number of benzene rings is 2. The molecule has 1 heterocycles. The summed E-state index contributed by atoms with van der Waals surface area (Å²) in [4.78, 5) is 8.41. The van der Waals surface area contributed by atoms with Gasteiger partial charge in [0.05, 0.1) is 0 Å². The lowest BCUT2D eigenvalue weighted by Gasteiger charge is -2.12. The monoisotopic (exact) mass is 572 g/mol. The van der Waals surface area contributed by atoms with Crippen LogP contribution in [-0.4, -0.2) is 34.7 Å². The SMILES string of the molecule is CN=C(NCCCc1ccc(Br)cc1F)NCc1cccc(-c2ncn[nH]2)c1.I. The number of halogens is 3. The summed E-state index contributed by atoms with van der Waals surface area (Å²) < 4.78 is 14.6. The van der Waals surface area contributed by atoms with Gasteiger partial charge in [0.2, 0.25) is 0 Å². The molecule has 6 nitrogen and oxygen atoms in total. The zero-order chi connectivity index (χ0) is 19.8. The maximum absolute atomic E-state index is 13.8. The lowest BCUT2D eigenvalue weighted by atomic mass is 10.1. The van der Waals surface area contributed by atoms with Gasteiger partial charge in [-0.05, 0) is 42.2 Å². The third kappa shape index (κ3) is 7.07. The van der Waals surface area contributed by atoms with E-state index < -0.39 is 0 Å². The lowest BCUT2D eigenvalue weighted by Crippen LogP contribution is -2.37. The maximum atomic E-state index is 13.8. The van der Waals surface area contributed by atoms with Crippen LogP contribution in [0.15, 0.2) is 58.3 Å². The number of nitrogens with zero attached hydrogens (tertiary/aromatic N) is 3. The molecule has 0 aliphatic carbocycles. The van der Waals surface area contributed by atoms with E-state index in [0.717, 1.165) is 33.4 Å². The van der Waals surface area contributed by atoms with Crippen molar-refractivity contribution < 1.29 is 4.39 Å². The van der Waals surface area contributed by atoms with Crippen LogP contribution in [0.1, 0.15) is 17.5 Å². The first-order valence-corrected chi connectivity index (χ1v) is 9.78. The van der Waals surface area contributed by atoms with Gasteiger partial charge in [-0.3, -0.25) is 10.1 Å². The summed E-state index contributed by atoms with van der Waals surface area (Å²) in [6.07, 6.45) is 2.97. The number of hydrogen-bond donors (Lipinski definition) is 3. The molecule has 3 aromatic rings. The van der Waals surface area contributed by atoms with E-state index in [4.69, 9.17) is 0 Å². The van der Waals surface area contributed by atoms with Crippen molar-refractivity contribution in [1.29, 1.82) is 0 Å². The Labute approximate surface area is 195 Å². The van der Waals surface area contributed by atoms with Crippen molar-refractivity contribution in [3.63, 3.8) is 0 Å². The maximum Gasteiger partial charge on any atom is 0.191 e. The number of H-pyrrole nitrogens is 1. The minimum atomic E-state index is -0.177. The molecule has 0 saturated heterocycles. The van der Waals surface area contributed by atoms with Crippen LogP contribution in [-0.2, 0) is 13.0 Å². The molecule has 154 valence electrons. The van der Waals surface area contributed by atoms with Gasteiger partial charge in [-0.1, -0.05) is 40.2 Å². The first kappa shape index (κ1) is 23.3. The van der Waals surface area contributed by atoms with Crippen LogP contribution in [0.25, 0.3) is 11.4 Å². The molecule has 2 aromatic carbocycles. The van der Waals surface area contributed by atoms with Gasteiger partial charge in [-0.2, -0.15) is 5.10 Å². The minimum absolute atomic E-state index is 0.